The summed E-state index contributed by atoms with van der Waals surface area (Å²) < 4.78 is 29.6. The summed E-state index contributed by atoms with van der Waals surface area (Å²) in [6.45, 7) is 2.15. The van der Waals surface area contributed by atoms with Crippen LogP contribution in [0.3, 0.4) is 0 Å². The number of methoxy groups -OCH3 is 1. The molecule has 0 aliphatic carbocycles. The Bertz CT molecular complexity index is 1240. The van der Waals surface area contributed by atoms with E-state index in [4.69, 9.17) is 25.8 Å². The number of hydrogen-bond donors (Lipinski definition) is 0. The number of nitrogens with zero attached hydrogens (tertiary/aromatic N) is 1. The molecule has 7 heteroatoms. The molecule has 0 spiro atoms. The summed E-state index contributed by atoms with van der Waals surface area (Å²) in [5.41, 5.74) is 3.23. The maximum absolute atomic E-state index is 13.0. The number of carbonyl (C=O) groups excluding carboxylic acids is 1. The van der Waals surface area contributed by atoms with Crippen molar-refractivity contribution in [1.82, 2.24) is 0 Å². The first-order valence-corrected chi connectivity index (χ1v) is 10.1. The lowest BCUT2D eigenvalue weighted by molar-refractivity contribution is -0.129. The van der Waals surface area contributed by atoms with Gasteiger partial charge < -0.3 is 14.2 Å². The van der Waals surface area contributed by atoms with Crippen molar-refractivity contribution in [2.24, 2.45) is 4.99 Å². The average molecular weight is 452 g/mol. The highest BCUT2D eigenvalue weighted by atomic mass is 35.5. The lowest BCUT2D eigenvalue weighted by Crippen LogP contribution is -2.05. The fourth-order valence-corrected chi connectivity index (χ4v) is 3.23. The molecule has 3 aromatic carbocycles. The number of carbonyl (C=O) groups is 1. The zero-order valence-electron chi connectivity index (χ0n) is 17.4. The van der Waals surface area contributed by atoms with Gasteiger partial charge in [-0.25, -0.2) is 14.2 Å². The standard InChI is InChI=1S/C25H19ClFNO4/c1-15-3-7-18(13-20(15)26)24-28-21(25(29)32-24)11-17-6-10-22(23(12-17)30-2)31-14-16-4-8-19(27)9-5-16/h3-13H,14H2,1-2H3/b21-11-. The highest BCUT2D eigenvalue weighted by Gasteiger charge is 2.24. The van der Waals surface area contributed by atoms with Gasteiger partial charge in [0.1, 0.15) is 12.4 Å². The molecule has 0 N–H and O–H groups in total. The minimum absolute atomic E-state index is 0.165. The summed E-state index contributed by atoms with van der Waals surface area (Å²) in [6, 6.07) is 16.7. The molecular formula is C25H19ClFNO4. The van der Waals surface area contributed by atoms with Gasteiger partial charge in [0.25, 0.3) is 0 Å². The van der Waals surface area contributed by atoms with Gasteiger partial charge in [-0.1, -0.05) is 35.9 Å². The summed E-state index contributed by atoms with van der Waals surface area (Å²) in [7, 11) is 1.53. The Morgan fingerprint density at radius 1 is 1.06 bits per heavy atom. The summed E-state index contributed by atoms with van der Waals surface area (Å²) in [5.74, 6) is 0.362. The van der Waals surface area contributed by atoms with Crippen molar-refractivity contribution in [3.63, 3.8) is 0 Å². The maximum atomic E-state index is 13.0. The van der Waals surface area contributed by atoms with Crippen LogP contribution in [0.15, 0.2) is 71.4 Å². The molecule has 4 rings (SSSR count). The number of aryl methyl sites for hydroxylation is 1. The molecule has 0 saturated carbocycles. The van der Waals surface area contributed by atoms with E-state index < -0.39 is 5.97 Å². The third-order valence-corrected chi connectivity index (χ3v) is 5.25. The van der Waals surface area contributed by atoms with E-state index in [0.717, 1.165) is 11.1 Å². The van der Waals surface area contributed by atoms with Crippen molar-refractivity contribution < 1.29 is 23.4 Å². The van der Waals surface area contributed by atoms with Gasteiger partial charge >= 0.3 is 5.97 Å². The Labute approximate surface area is 189 Å². The lowest BCUT2D eigenvalue weighted by atomic mass is 10.1. The van der Waals surface area contributed by atoms with Crippen LogP contribution in [0, 0.1) is 12.7 Å². The first-order chi connectivity index (χ1) is 15.4. The van der Waals surface area contributed by atoms with E-state index in [-0.39, 0.29) is 24.0 Å². The molecule has 1 heterocycles. The molecule has 162 valence electrons. The van der Waals surface area contributed by atoms with E-state index in [1.807, 2.05) is 13.0 Å². The smallest absolute Gasteiger partial charge is 0.363 e. The third kappa shape index (κ3) is 4.81. The fourth-order valence-electron chi connectivity index (χ4n) is 3.05. The zero-order valence-corrected chi connectivity index (χ0v) is 18.2. The second-order valence-corrected chi connectivity index (χ2v) is 7.53. The van der Waals surface area contributed by atoms with Crippen molar-refractivity contribution in [3.8, 4) is 11.5 Å². The van der Waals surface area contributed by atoms with Crippen molar-refractivity contribution in [3.05, 3.63) is 99.5 Å². The summed E-state index contributed by atoms with van der Waals surface area (Å²) in [6.07, 6.45) is 1.61. The van der Waals surface area contributed by atoms with Gasteiger partial charge in [0.15, 0.2) is 17.2 Å². The van der Waals surface area contributed by atoms with Crippen LogP contribution in [0.2, 0.25) is 5.02 Å². The van der Waals surface area contributed by atoms with E-state index in [0.29, 0.717) is 27.6 Å². The van der Waals surface area contributed by atoms with Crippen LogP contribution in [0.4, 0.5) is 4.39 Å². The van der Waals surface area contributed by atoms with Crippen LogP contribution in [-0.2, 0) is 16.1 Å². The van der Waals surface area contributed by atoms with Gasteiger partial charge in [-0.3, -0.25) is 0 Å². The number of aliphatic imine (C=N–C) groups is 1. The normalized spacial score (nSPS) is 14.3. The number of cyclic esters (lactones) is 1. The van der Waals surface area contributed by atoms with Crippen LogP contribution in [0.25, 0.3) is 6.08 Å². The van der Waals surface area contributed by atoms with Crippen molar-refractivity contribution in [1.29, 1.82) is 0 Å². The predicted octanol–water partition coefficient (Wildman–Crippen LogP) is 5.72. The Balaban J connectivity index is 1.54. The number of esters is 1. The quantitative estimate of drug-likeness (QED) is 0.355. The number of hydrogen-bond acceptors (Lipinski definition) is 5. The molecule has 1 aliphatic rings. The molecule has 0 bridgehead atoms. The summed E-state index contributed by atoms with van der Waals surface area (Å²) in [4.78, 5) is 16.6. The van der Waals surface area contributed by atoms with Gasteiger partial charge in [0.2, 0.25) is 5.90 Å². The molecule has 0 aromatic heterocycles. The minimum atomic E-state index is -0.549. The van der Waals surface area contributed by atoms with E-state index >= 15 is 0 Å². The molecule has 0 atom stereocenters. The van der Waals surface area contributed by atoms with Crippen molar-refractivity contribution >= 4 is 29.5 Å². The highest BCUT2D eigenvalue weighted by molar-refractivity contribution is 6.31. The van der Waals surface area contributed by atoms with E-state index in [1.165, 1.54) is 19.2 Å². The summed E-state index contributed by atoms with van der Waals surface area (Å²) in [5, 5.41) is 0.569. The molecule has 1 aliphatic heterocycles. The molecule has 3 aromatic rings. The molecule has 0 amide bonds. The van der Waals surface area contributed by atoms with Crippen LogP contribution in [0.1, 0.15) is 22.3 Å². The van der Waals surface area contributed by atoms with Gasteiger partial charge in [-0.05, 0) is 66.1 Å². The summed E-state index contributed by atoms with van der Waals surface area (Å²) >= 11 is 6.16. The molecule has 0 fully saturated rings. The van der Waals surface area contributed by atoms with Crippen LogP contribution < -0.4 is 9.47 Å². The lowest BCUT2D eigenvalue weighted by Gasteiger charge is -2.11. The number of ether oxygens (including phenoxy) is 3. The SMILES string of the molecule is COc1cc(/C=C2\N=C(c3ccc(C)c(Cl)c3)OC2=O)ccc1OCc1ccc(F)cc1. The van der Waals surface area contributed by atoms with Gasteiger partial charge in [0, 0.05) is 10.6 Å². The first-order valence-electron chi connectivity index (χ1n) is 9.77. The Morgan fingerprint density at radius 2 is 1.84 bits per heavy atom. The number of rotatable bonds is 6. The Morgan fingerprint density at radius 3 is 2.56 bits per heavy atom. The van der Waals surface area contributed by atoms with Crippen molar-refractivity contribution in [2.45, 2.75) is 13.5 Å². The largest absolute Gasteiger partial charge is 0.493 e. The zero-order chi connectivity index (χ0) is 22.7. The van der Waals surface area contributed by atoms with E-state index in [9.17, 15) is 9.18 Å². The number of benzene rings is 3. The molecule has 0 saturated heterocycles. The first kappa shape index (κ1) is 21.6. The topological polar surface area (TPSA) is 57.1 Å². The minimum Gasteiger partial charge on any atom is -0.493 e. The third-order valence-electron chi connectivity index (χ3n) is 4.84. The molecular weight excluding hydrogens is 433 g/mol. The second-order valence-electron chi connectivity index (χ2n) is 7.13. The Hall–Kier alpha value is -3.64. The molecule has 0 radical (unpaired) electrons. The Kier molecular flexibility index (Phi) is 6.23. The van der Waals surface area contributed by atoms with Crippen molar-refractivity contribution in [2.75, 3.05) is 7.11 Å². The molecule has 32 heavy (non-hydrogen) atoms. The fraction of sp³-hybridized carbons (Fsp3) is 0.120. The average Bonchev–Trinajstić information content (AvgIpc) is 3.15. The van der Waals surface area contributed by atoms with Crippen LogP contribution in [-0.4, -0.2) is 19.0 Å². The van der Waals surface area contributed by atoms with Crippen LogP contribution >= 0.6 is 11.6 Å². The second kappa shape index (κ2) is 9.24. The van der Waals surface area contributed by atoms with Gasteiger partial charge in [0.05, 0.1) is 7.11 Å². The van der Waals surface area contributed by atoms with Gasteiger partial charge in [-0.2, -0.15) is 0 Å². The predicted molar refractivity (Wildman–Crippen MR) is 121 cm³/mol. The van der Waals surface area contributed by atoms with E-state index in [1.54, 1.807) is 48.5 Å². The van der Waals surface area contributed by atoms with Crippen LogP contribution in [0.5, 0.6) is 11.5 Å². The molecule has 0 unspecified atom stereocenters. The monoisotopic (exact) mass is 451 g/mol. The number of halogens is 2. The molecule has 5 nitrogen and oxygen atoms in total. The van der Waals surface area contributed by atoms with E-state index in [2.05, 4.69) is 4.99 Å². The maximum Gasteiger partial charge on any atom is 0.363 e. The van der Waals surface area contributed by atoms with Gasteiger partial charge in [-0.15, -0.1) is 0 Å². The highest BCUT2D eigenvalue weighted by Crippen LogP contribution is 2.30.